The van der Waals surface area contributed by atoms with Crippen molar-refractivity contribution in [3.05, 3.63) is 35.6 Å². The van der Waals surface area contributed by atoms with Crippen molar-refractivity contribution in [2.24, 2.45) is 11.1 Å². The van der Waals surface area contributed by atoms with Crippen LogP contribution in [0.15, 0.2) is 29.4 Å². The van der Waals surface area contributed by atoms with Crippen LogP contribution in [-0.2, 0) is 4.84 Å². The topological polar surface area (TPSA) is 82.3 Å². The van der Waals surface area contributed by atoms with Gasteiger partial charge in [0.1, 0.15) is 5.82 Å². The Bertz CT molecular complexity index is 472. The SMILES string of the molecule is [B]C(O)(O)C1CC(CO)C(c2ccc(F)cc2)=NO1. The molecule has 100 valence electrons. The summed E-state index contributed by atoms with van der Waals surface area (Å²) in [5, 5.41) is 31.6. The molecule has 0 spiro atoms. The highest BCUT2D eigenvalue weighted by molar-refractivity contribution is 6.13. The third-order valence-corrected chi connectivity index (χ3v) is 3.00. The highest BCUT2D eigenvalue weighted by Gasteiger charge is 2.37. The maximum atomic E-state index is 12.8. The Kier molecular flexibility index (Phi) is 3.89. The first kappa shape index (κ1) is 14.0. The number of benzene rings is 1. The summed E-state index contributed by atoms with van der Waals surface area (Å²) < 4.78 is 12.8. The van der Waals surface area contributed by atoms with Crippen LogP contribution in [0.3, 0.4) is 0 Å². The Morgan fingerprint density at radius 2 is 2.00 bits per heavy atom. The summed E-state index contributed by atoms with van der Waals surface area (Å²) in [6, 6.07) is 5.55. The van der Waals surface area contributed by atoms with E-state index < -0.39 is 17.7 Å². The fourth-order valence-electron chi connectivity index (χ4n) is 1.93. The number of hydrogen-bond acceptors (Lipinski definition) is 5. The first-order chi connectivity index (χ1) is 8.91. The molecule has 0 aromatic heterocycles. The lowest BCUT2D eigenvalue weighted by Gasteiger charge is -2.33. The molecule has 0 aliphatic carbocycles. The third-order valence-electron chi connectivity index (χ3n) is 3.00. The minimum Gasteiger partial charge on any atom is -0.396 e. The zero-order valence-electron chi connectivity index (χ0n) is 10.0. The molecule has 1 aromatic carbocycles. The summed E-state index contributed by atoms with van der Waals surface area (Å²) in [4.78, 5) is 4.93. The Balaban J connectivity index is 2.25. The van der Waals surface area contributed by atoms with Gasteiger partial charge in [-0.3, -0.25) is 0 Å². The van der Waals surface area contributed by atoms with E-state index in [1.807, 2.05) is 0 Å². The second-order valence-electron chi connectivity index (χ2n) is 4.48. The molecule has 1 aliphatic heterocycles. The van der Waals surface area contributed by atoms with Gasteiger partial charge in [-0.25, -0.2) is 4.39 Å². The second-order valence-corrected chi connectivity index (χ2v) is 4.48. The lowest BCUT2D eigenvalue weighted by molar-refractivity contribution is -0.188. The molecule has 1 aliphatic rings. The Morgan fingerprint density at radius 1 is 1.37 bits per heavy atom. The van der Waals surface area contributed by atoms with Gasteiger partial charge in [-0.1, -0.05) is 17.3 Å². The number of halogens is 1. The van der Waals surface area contributed by atoms with Crippen LogP contribution in [0.25, 0.3) is 0 Å². The smallest absolute Gasteiger partial charge is 0.171 e. The highest BCUT2D eigenvalue weighted by Crippen LogP contribution is 2.26. The number of aliphatic hydroxyl groups excluding tert-OH is 1. The first-order valence-corrected chi connectivity index (χ1v) is 5.76. The molecule has 2 radical (unpaired) electrons. The quantitative estimate of drug-likeness (QED) is 0.519. The molecule has 0 fully saturated rings. The average Bonchev–Trinajstić information content (AvgIpc) is 2.38. The second kappa shape index (κ2) is 5.28. The van der Waals surface area contributed by atoms with E-state index in [1.165, 1.54) is 24.3 Å². The highest BCUT2D eigenvalue weighted by atomic mass is 19.1. The minimum atomic E-state index is -2.52. The summed E-state index contributed by atoms with van der Waals surface area (Å²) in [5.41, 5.74) is -1.51. The number of oxime groups is 1. The lowest BCUT2D eigenvalue weighted by atomic mass is 9.81. The summed E-state index contributed by atoms with van der Waals surface area (Å²) in [6.45, 7) is -0.258. The van der Waals surface area contributed by atoms with E-state index in [4.69, 9.17) is 12.7 Å². The normalized spacial score (nSPS) is 23.7. The Labute approximate surface area is 110 Å². The van der Waals surface area contributed by atoms with Crippen molar-refractivity contribution in [3.8, 4) is 0 Å². The zero-order valence-corrected chi connectivity index (χ0v) is 10.0. The average molecular weight is 265 g/mol. The van der Waals surface area contributed by atoms with Crippen LogP contribution in [-0.4, -0.2) is 47.3 Å². The molecule has 2 unspecified atom stereocenters. The van der Waals surface area contributed by atoms with E-state index in [1.54, 1.807) is 0 Å². The predicted octanol–water partition coefficient (Wildman–Crippen LogP) is -0.266. The summed E-state index contributed by atoms with van der Waals surface area (Å²) in [7, 11) is 5.12. The number of nitrogens with zero attached hydrogens (tertiary/aromatic N) is 1. The van der Waals surface area contributed by atoms with Gasteiger partial charge in [0, 0.05) is 12.3 Å². The zero-order chi connectivity index (χ0) is 14.0. The maximum Gasteiger partial charge on any atom is 0.171 e. The van der Waals surface area contributed by atoms with Crippen molar-refractivity contribution in [2.75, 3.05) is 6.61 Å². The van der Waals surface area contributed by atoms with E-state index in [0.717, 1.165) is 0 Å². The molecule has 3 N–H and O–H groups in total. The molecule has 0 saturated heterocycles. The van der Waals surface area contributed by atoms with Crippen LogP contribution in [0.5, 0.6) is 0 Å². The van der Waals surface area contributed by atoms with E-state index >= 15 is 0 Å². The fraction of sp³-hybridized carbons (Fsp3) is 0.417. The van der Waals surface area contributed by atoms with Gasteiger partial charge >= 0.3 is 0 Å². The number of rotatable bonds is 3. The van der Waals surface area contributed by atoms with Crippen molar-refractivity contribution in [3.63, 3.8) is 0 Å². The fourth-order valence-corrected chi connectivity index (χ4v) is 1.93. The van der Waals surface area contributed by atoms with Gasteiger partial charge in [0.25, 0.3) is 0 Å². The Hall–Kier alpha value is -1.44. The van der Waals surface area contributed by atoms with Gasteiger partial charge in [0.15, 0.2) is 19.6 Å². The van der Waals surface area contributed by atoms with Crippen LogP contribution in [0.2, 0.25) is 0 Å². The van der Waals surface area contributed by atoms with Crippen molar-refractivity contribution < 1.29 is 24.5 Å². The lowest BCUT2D eigenvalue weighted by Crippen LogP contribution is -2.48. The van der Waals surface area contributed by atoms with Gasteiger partial charge in [-0.2, -0.15) is 0 Å². The summed E-state index contributed by atoms with van der Waals surface area (Å²) in [5.74, 6) is -0.849. The molecule has 1 aromatic rings. The van der Waals surface area contributed by atoms with Crippen molar-refractivity contribution in [1.82, 2.24) is 0 Å². The van der Waals surface area contributed by atoms with Crippen LogP contribution >= 0.6 is 0 Å². The van der Waals surface area contributed by atoms with Gasteiger partial charge < -0.3 is 20.2 Å². The minimum absolute atomic E-state index is 0.0935. The molecule has 0 amide bonds. The van der Waals surface area contributed by atoms with Crippen LogP contribution in [0, 0.1) is 11.7 Å². The molecule has 2 atom stereocenters. The van der Waals surface area contributed by atoms with Crippen molar-refractivity contribution >= 4 is 13.6 Å². The molecular formula is C12H13BFNO4. The third kappa shape index (κ3) is 3.12. The van der Waals surface area contributed by atoms with Crippen LogP contribution in [0.4, 0.5) is 4.39 Å². The largest absolute Gasteiger partial charge is 0.396 e. The molecule has 7 heteroatoms. The molecule has 1 heterocycles. The van der Waals surface area contributed by atoms with Gasteiger partial charge in [0.05, 0.1) is 12.3 Å². The van der Waals surface area contributed by atoms with E-state index in [2.05, 4.69) is 5.16 Å². The predicted molar refractivity (Wildman–Crippen MR) is 65.9 cm³/mol. The molecule has 0 bridgehead atoms. The van der Waals surface area contributed by atoms with E-state index in [9.17, 15) is 19.7 Å². The molecule has 0 saturated carbocycles. The van der Waals surface area contributed by atoms with E-state index in [-0.39, 0.29) is 18.8 Å². The Morgan fingerprint density at radius 3 is 2.53 bits per heavy atom. The van der Waals surface area contributed by atoms with E-state index in [0.29, 0.717) is 11.3 Å². The van der Waals surface area contributed by atoms with Gasteiger partial charge in [0.2, 0.25) is 0 Å². The van der Waals surface area contributed by atoms with Crippen LogP contribution < -0.4 is 0 Å². The first-order valence-electron chi connectivity index (χ1n) is 5.76. The van der Waals surface area contributed by atoms with Gasteiger partial charge in [-0.15, -0.1) is 0 Å². The summed E-state index contributed by atoms with van der Waals surface area (Å²) >= 11 is 0. The number of aliphatic hydroxyl groups is 3. The van der Waals surface area contributed by atoms with Crippen LogP contribution in [0.1, 0.15) is 12.0 Å². The molecule has 2 rings (SSSR count). The monoisotopic (exact) mass is 265 g/mol. The summed E-state index contributed by atoms with van der Waals surface area (Å²) in [6.07, 6.45) is -1.04. The molecule has 19 heavy (non-hydrogen) atoms. The standard InChI is InChI=1S/C12H13BFNO4/c13-12(17,18)10-5-8(6-16)11(15-19-10)7-1-3-9(14)4-2-7/h1-4,8,10,16-18H,5-6H2. The molecule has 5 nitrogen and oxygen atoms in total. The number of hydrogen-bond donors (Lipinski definition) is 3. The maximum absolute atomic E-state index is 12.8. The van der Waals surface area contributed by atoms with Gasteiger partial charge in [-0.05, 0) is 17.7 Å². The van der Waals surface area contributed by atoms with Crippen molar-refractivity contribution in [1.29, 1.82) is 0 Å². The van der Waals surface area contributed by atoms with Crippen molar-refractivity contribution in [2.45, 2.75) is 18.2 Å². The molecular weight excluding hydrogens is 252 g/mol.